The number of carbonyl (C=O) groups excluding carboxylic acids is 1. The summed E-state index contributed by atoms with van der Waals surface area (Å²) >= 11 is 0. The first-order chi connectivity index (χ1) is 10.1. The second-order valence-electron chi connectivity index (χ2n) is 6.71. The van der Waals surface area contributed by atoms with Crippen LogP contribution in [0.4, 0.5) is 0 Å². The van der Waals surface area contributed by atoms with Crippen molar-refractivity contribution < 1.29 is 14.7 Å². The van der Waals surface area contributed by atoms with Crippen LogP contribution in [0.3, 0.4) is 0 Å². The summed E-state index contributed by atoms with van der Waals surface area (Å²) in [6, 6.07) is 0. The minimum atomic E-state index is -0.724. The number of hydrogen-bond donors (Lipinski definition) is 2. The zero-order valence-electron chi connectivity index (χ0n) is 13.0. The van der Waals surface area contributed by atoms with E-state index in [0.29, 0.717) is 18.3 Å². The number of aliphatic carboxylic acids is 1. The Balaban J connectivity index is 1.72. The van der Waals surface area contributed by atoms with Crippen molar-refractivity contribution in [3.05, 3.63) is 0 Å². The number of nitrogens with one attached hydrogen (secondary N) is 1. The maximum absolute atomic E-state index is 12.4. The van der Waals surface area contributed by atoms with E-state index in [2.05, 4.69) is 12.2 Å². The Bertz CT molecular complexity index is 359. The standard InChI is InChI=1S/C16H28N2O3/c1-12(14-3-2-6-17-11-14)9-15(19)18-7-4-13(5-8-18)10-16(20)21/h12-14,17H,2-11H2,1H3,(H,20,21). The molecule has 2 aliphatic heterocycles. The average Bonchev–Trinajstić information content (AvgIpc) is 2.48. The van der Waals surface area contributed by atoms with Crippen LogP contribution in [0.5, 0.6) is 0 Å². The molecule has 5 nitrogen and oxygen atoms in total. The summed E-state index contributed by atoms with van der Waals surface area (Å²) in [6.07, 6.45) is 4.98. The van der Waals surface area contributed by atoms with Gasteiger partial charge in [-0.15, -0.1) is 0 Å². The molecule has 2 heterocycles. The molecule has 0 spiro atoms. The Morgan fingerprint density at radius 2 is 2.00 bits per heavy atom. The van der Waals surface area contributed by atoms with E-state index in [0.717, 1.165) is 39.0 Å². The molecule has 21 heavy (non-hydrogen) atoms. The molecule has 0 aromatic carbocycles. The summed E-state index contributed by atoms with van der Waals surface area (Å²) in [7, 11) is 0. The Kier molecular flexibility index (Phi) is 6.03. The lowest BCUT2D eigenvalue weighted by molar-refractivity contribution is -0.138. The van der Waals surface area contributed by atoms with Crippen LogP contribution in [0.1, 0.15) is 45.4 Å². The molecule has 0 aromatic heterocycles. The first-order valence-corrected chi connectivity index (χ1v) is 8.26. The molecule has 2 rings (SSSR count). The number of rotatable bonds is 5. The van der Waals surface area contributed by atoms with Crippen molar-refractivity contribution in [3.63, 3.8) is 0 Å². The van der Waals surface area contributed by atoms with Gasteiger partial charge in [0, 0.05) is 25.9 Å². The van der Waals surface area contributed by atoms with Crippen molar-refractivity contribution in [2.75, 3.05) is 26.2 Å². The molecular weight excluding hydrogens is 268 g/mol. The minimum absolute atomic E-state index is 0.242. The summed E-state index contributed by atoms with van der Waals surface area (Å²) < 4.78 is 0. The molecule has 2 saturated heterocycles. The Morgan fingerprint density at radius 3 is 2.57 bits per heavy atom. The van der Waals surface area contributed by atoms with Gasteiger partial charge < -0.3 is 15.3 Å². The van der Waals surface area contributed by atoms with Gasteiger partial charge in [0.2, 0.25) is 5.91 Å². The van der Waals surface area contributed by atoms with Crippen LogP contribution in [0, 0.1) is 17.8 Å². The molecule has 1 amide bonds. The molecule has 2 aliphatic rings. The van der Waals surface area contributed by atoms with E-state index in [1.807, 2.05) is 4.90 Å². The van der Waals surface area contributed by atoms with Crippen molar-refractivity contribution in [1.82, 2.24) is 10.2 Å². The summed E-state index contributed by atoms with van der Waals surface area (Å²) in [6.45, 7) is 5.79. The minimum Gasteiger partial charge on any atom is -0.481 e. The van der Waals surface area contributed by atoms with Crippen molar-refractivity contribution >= 4 is 11.9 Å². The summed E-state index contributed by atoms with van der Waals surface area (Å²) in [5, 5.41) is 12.2. The van der Waals surface area contributed by atoms with Gasteiger partial charge in [0.15, 0.2) is 0 Å². The predicted molar refractivity (Wildman–Crippen MR) is 80.9 cm³/mol. The highest BCUT2D eigenvalue weighted by atomic mass is 16.4. The topological polar surface area (TPSA) is 69.6 Å². The number of carboxylic acid groups (broad SMARTS) is 1. The van der Waals surface area contributed by atoms with E-state index in [1.165, 1.54) is 12.8 Å². The fourth-order valence-corrected chi connectivity index (χ4v) is 3.57. The molecule has 0 aliphatic carbocycles. The number of amides is 1. The van der Waals surface area contributed by atoms with Crippen LogP contribution in [0.25, 0.3) is 0 Å². The van der Waals surface area contributed by atoms with E-state index >= 15 is 0 Å². The Morgan fingerprint density at radius 1 is 1.29 bits per heavy atom. The van der Waals surface area contributed by atoms with Gasteiger partial charge in [0.1, 0.15) is 0 Å². The summed E-state index contributed by atoms with van der Waals surface area (Å²) in [5.74, 6) is 0.820. The molecule has 0 bridgehead atoms. The smallest absolute Gasteiger partial charge is 0.303 e. The van der Waals surface area contributed by atoms with Gasteiger partial charge in [-0.25, -0.2) is 0 Å². The third-order valence-electron chi connectivity index (χ3n) is 5.07. The maximum Gasteiger partial charge on any atom is 0.303 e. The van der Waals surface area contributed by atoms with Gasteiger partial charge >= 0.3 is 5.97 Å². The second kappa shape index (κ2) is 7.78. The first-order valence-electron chi connectivity index (χ1n) is 8.26. The fraction of sp³-hybridized carbons (Fsp3) is 0.875. The van der Waals surface area contributed by atoms with Crippen LogP contribution in [-0.4, -0.2) is 48.1 Å². The van der Waals surface area contributed by atoms with Crippen LogP contribution >= 0.6 is 0 Å². The molecule has 5 heteroatoms. The van der Waals surface area contributed by atoms with E-state index < -0.39 is 5.97 Å². The SMILES string of the molecule is CC(CC(=O)N1CCC(CC(=O)O)CC1)C1CCCNC1. The Hall–Kier alpha value is -1.10. The average molecular weight is 296 g/mol. The first kappa shape index (κ1) is 16.3. The lowest BCUT2D eigenvalue weighted by atomic mass is 9.85. The maximum atomic E-state index is 12.4. The number of likely N-dealkylation sites (tertiary alicyclic amines) is 1. The normalized spacial score (nSPS) is 25.6. The highest BCUT2D eigenvalue weighted by Crippen LogP contribution is 2.25. The molecule has 2 fully saturated rings. The quantitative estimate of drug-likeness (QED) is 0.810. The van der Waals surface area contributed by atoms with Crippen LogP contribution in [0.15, 0.2) is 0 Å². The van der Waals surface area contributed by atoms with Gasteiger partial charge in [0.05, 0.1) is 0 Å². The number of carboxylic acids is 1. The molecule has 0 saturated carbocycles. The highest BCUT2D eigenvalue weighted by molar-refractivity contribution is 5.76. The zero-order valence-corrected chi connectivity index (χ0v) is 13.0. The summed E-state index contributed by atoms with van der Waals surface area (Å²) in [5.41, 5.74) is 0. The lowest BCUT2D eigenvalue weighted by Crippen LogP contribution is -2.41. The largest absolute Gasteiger partial charge is 0.481 e. The molecule has 0 aromatic rings. The highest BCUT2D eigenvalue weighted by Gasteiger charge is 2.27. The van der Waals surface area contributed by atoms with Gasteiger partial charge in [0.25, 0.3) is 0 Å². The van der Waals surface area contributed by atoms with E-state index in [-0.39, 0.29) is 18.2 Å². The number of hydrogen-bond acceptors (Lipinski definition) is 3. The van der Waals surface area contributed by atoms with E-state index in [9.17, 15) is 9.59 Å². The third-order valence-corrected chi connectivity index (χ3v) is 5.07. The third kappa shape index (κ3) is 4.99. The van der Waals surface area contributed by atoms with Crippen molar-refractivity contribution in [3.8, 4) is 0 Å². The Labute approximate surface area is 127 Å². The van der Waals surface area contributed by atoms with E-state index in [1.54, 1.807) is 0 Å². The van der Waals surface area contributed by atoms with Crippen LogP contribution < -0.4 is 5.32 Å². The number of piperidine rings is 2. The van der Waals surface area contributed by atoms with Crippen molar-refractivity contribution in [2.24, 2.45) is 17.8 Å². The van der Waals surface area contributed by atoms with Gasteiger partial charge in [-0.2, -0.15) is 0 Å². The predicted octanol–water partition coefficient (Wildman–Crippen LogP) is 1.73. The van der Waals surface area contributed by atoms with Gasteiger partial charge in [-0.05, 0) is 56.5 Å². The fourth-order valence-electron chi connectivity index (χ4n) is 3.57. The second-order valence-corrected chi connectivity index (χ2v) is 6.71. The molecule has 120 valence electrons. The van der Waals surface area contributed by atoms with Crippen LogP contribution in [-0.2, 0) is 9.59 Å². The molecule has 2 atom stereocenters. The monoisotopic (exact) mass is 296 g/mol. The zero-order chi connectivity index (χ0) is 15.2. The molecule has 2 unspecified atom stereocenters. The number of carbonyl (C=O) groups is 2. The van der Waals surface area contributed by atoms with Crippen molar-refractivity contribution in [2.45, 2.75) is 45.4 Å². The summed E-state index contributed by atoms with van der Waals surface area (Å²) in [4.78, 5) is 25.0. The van der Waals surface area contributed by atoms with Gasteiger partial charge in [-0.3, -0.25) is 9.59 Å². The molecule has 0 radical (unpaired) electrons. The van der Waals surface area contributed by atoms with Crippen molar-refractivity contribution in [1.29, 1.82) is 0 Å². The molecule has 2 N–H and O–H groups in total. The number of nitrogens with zero attached hydrogens (tertiary/aromatic N) is 1. The van der Waals surface area contributed by atoms with E-state index in [4.69, 9.17) is 5.11 Å². The van der Waals surface area contributed by atoms with Crippen LogP contribution in [0.2, 0.25) is 0 Å². The molecular formula is C16H28N2O3. The lowest BCUT2D eigenvalue weighted by Gasteiger charge is -2.34. The van der Waals surface area contributed by atoms with Gasteiger partial charge in [-0.1, -0.05) is 6.92 Å².